The molecule has 2 rings (SSSR count). The Morgan fingerprint density at radius 1 is 1.56 bits per heavy atom. The Morgan fingerprint density at radius 2 is 2.33 bits per heavy atom. The highest BCUT2D eigenvalue weighted by molar-refractivity contribution is 9.10. The number of benzene rings is 1. The van der Waals surface area contributed by atoms with Gasteiger partial charge in [0.15, 0.2) is 5.17 Å². The van der Waals surface area contributed by atoms with Crippen LogP contribution in [0, 0.1) is 5.82 Å². The number of aliphatic imine (C=N–C) groups is 1. The Bertz CT molecular complexity index is 478. The standard InChI is InChI=1S/C13H16BrFN2S/c1-3-13(2)6-7-18-12(17-13)16-9-4-5-11(15)10(14)8-9/h4-5,8H,3,6-7H2,1-2H3,(H,16,17). The van der Waals surface area contributed by atoms with E-state index in [4.69, 9.17) is 4.99 Å². The van der Waals surface area contributed by atoms with Crippen molar-refractivity contribution in [2.75, 3.05) is 11.1 Å². The molecule has 1 unspecified atom stereocenters. The average molecular weight is 331 g/mol. The molecule has 18 heavy (non-hydrogen) atoms. The Labute approximate surface area is 120 Å². The first kappa shape index (κ1) is 13.9. The van der Waals surface area contributed by atoms with Gasteiger partial charge in [-0.1, -0.05) is 18.7 Å². The van der Waals surface area contributed by atoms with Gasteiger partial charge in [-0.25, -0.2) is 4.39 Å². The molecule has 5 heteroatoms. The van der Waals surface area contributed by atoms with E-state index < -0.39 is 0 Å². The lowest BCUT2D eigenvalue weighted by Crippen LogP contribution is -2.29. The third-order valence-electron chi connectivity index (χ3n) is 3.18. The zero-order valence-electron chi connectivity index (χ0n) is 10.5. The molecule has 1 heterocycles. The Hall–Kier alpha value is -0.550. The summed E-state index contributed by atoms with van der Waals surface area (Å²) in [5.74, 6) is 0.815. The van der Waals surface area contributed by atoms with Crippen LogP contribution < -0.4 is 5.32 Å². The highest BCUT2D eigenvalue weighted by Gasteiger charge is 2.25. The number of hydrogen-bond acceptors (Lipinski definition) is 3. The van der Waals surface area contributed by atoms with Crippen molar-refractivity contribution in [1.29, 1.82) is 0 Å². The number of rotatable bonds is 2. The summed E-state index contributed by atoms with van der Waals surface area (Å²) in [4.78, 5) is 4.74. The fourth-order valence-electron chi connectivity index (χ4n) is 1.72. The third-order valence-corrected chi connectivity index (χ3v) is 4.67. The molecule has 0 spiro atoms. The van der Waals surface area contributed by atoms with Gasteiger partial charge < -0.3 is 5.32 Å². The van der Waals surface area contributed by atoms with E-state index in [0.29, 0.717) is 4.47 Å². The molecule has 1 N–H and O–H groups in total. The molecular formula is C13H16BrFN2S. The average Bonchev–Trinajstić information content (AvgIpc) is 2.34. The lowest BCUT2D eigenvalue weighted by atomic mass is 9.97. The van der Waals surface area contributed by atoms with Gasteiger partial charge in [0.2, 0.25) is 0 Å². The lowest BCUT2D eigenvalue weighted by Gasteiger charge is -2.29. The van der Waals surface area contributed by atoms with Crippen LogP contribution in [-0.2, 0) is 0 Å². The number of nitrogens with zero attached hydrogens (tertiary/aromatic N) is 1. The molecule has 0 aromatic heterocycles. The van der Waals surface area contributed by atoms with E-state index in [-0.39, 0.29) is 11.4 Å². The molecule has 1 aromatic carbocycles. The second-order valence-corrected chi connectivity index (χ2v) is 6.56. The van der Waals surface area contributed by atoms with Gasteiger partial charge in [-0.2, -0.15) is 0 Å². The summed E-state index contributed by atoms with van der Waals surface area (Å²) in [6.07, 6.45) is 2.14. The maximum atomic E-state index is 13.1. The van der Waals surface area contributed by atoms with Gasteiger partial charge >= 0.3 is 0 Å². The molecule has 1 atom stereocenters. The molecule has 1 aliphatic rings. The number of halogens is 2. The largest absolute Gasteiger partial charge is 0.335 e. The fourth-order valence-corrected chi connectivity index (χ4v) is 3.31. The third kappa shape index (κ3) is 3.26. The van der Waals surface area contributed by atoms with E-state index >= 15 is 0 Å². The molecule has 0 amide bonds. The number of amidine groups is 1. The highest BCUT2D eigenvalue weighted by atomic mass is 79.9. The summed E-state index contributed by atoms with van der Waals surface area (Å²) >= 11 is 4.90. The molecule has 1 aliphatic heterocycles. The van der Waals surface area contributed by atoms with Gasteiger partial charge in [-0.3, -0.25) is 4.99 Å². The van der Waals surface area contributed by atoms with Crippen molar-refractivity contribution in [2.24, 2.45) is 4.99 Å². The minimum atomic E-state index is -0.253. The summed E-state index contributed by atoms with van der Waals surface area (Å²) in [7, 11) is 0. The summed E-state index contributed by atoms with van der Waals surface area (Å²) < 4.78 is 13.6. The van der Waals surface area contributed by atoms with E-state index in [9.17, 15) is 4.39 Å². The maximum Gasteiger partial charge on any atom is 0.161 e. The van der Waals surface area contributed by atoms with Crippen molar-refractivity contribution in [3.8, 4) is 0 Å². The Morgan fingerprint density at radius 3 is 3.00 bits per heavy atom. The zero-order valence-corrected chi connectivity index (χ0v) is 12.9. The van der Waals surface area contributed by atoms with Crippen LogP contribution >= 0.6 is 27.7 Å². The Kier molecular flexibility index (Phi) is 4.33. The van der Waals surface area contributed by atoms with Crippen molar-refractivity contribution >= 4 is 38.5 Å². The molecule has 98 valence electrons. The number of anilines is 1. The van der Waals surface area contributed by atoms with Gasteiger partial charge in [-0.15, -0.1) is 0 Å². The van der Waals surface area contributed by atoms with Crippen molar-refractivity contribution < 1.29 is 4.39 Å². The first-order valence-corrected chi connectivity index (χ1v) is 7.75. The van der Waals surface area contributed by atoms with Gasteiger partial charge in [0.25, 0.3) is 0 Å². The maximum absolute atomic E-state index is 13.1. The van der Waals surface area contributed by atoms with E-state index in [1.165, 1.54) is 6.07 Å². The predicted octanol–water partition coefficient (Wildman–Crippen LogP) is 4.66. The minimum Gasteiger partial charge on any atom is -0.335 e. The van der Waals surface area contributed by atoms with Crippen LogP contribution in [0.2, 0.25) is 0 Å². The zero-order chi connectivity index (χ0) is 13.2. The van der Waals surface area contributed by atoms with Gasteiger partial charge in [0.1, 0.15) is 5.82 Å². The number of nitrogens with one attached hydrogen (secondary N) is 1. The molecule has 0 fully saturated rings. The van der Waals surface area contributed by atoms with E-state index in [1.807, 2.05) is 0 Å². The molecule has 0 aliphatic carbocycles. The molecule has 0 bridgehead atoms. The SMILES string of the molecule is CCC1(C)CCSC(Nc2ccc(F)c(Br)c2)=N1. The van der Waals surface area contributed by atoms with Crippen molar-refractivity contribution in [3.63, 3.8) is 0 Å². The fraction of sp³-hybridized carbons (Fsp3) is 0.462. The van der Waals surface area contributed by atoms with Crippen LogP contribution in [0.25, 0.3) is 0 Å². The monoisotopic (exact) mass is 330 g/mol. The smallest absolute Gasteiger partial charge is 0.161 e. The van der Waals surface area contributed by atoms with Gasteiger partial charge in [0, 0.05) is 11.4 Å². The highest BCUT2D eigenvalue weighted by Crippen LogP contribution is 2.30. The van der Waals surface area contributed by atoms with Crippen LogP contribution in [0.5, 0.6) is 0 Å². The van der Waals surface area contributed by atoms with Crippen LogP contribution in [0.4, 0.5) is 10.1 Å². The minimum absolute atomic E-state index is 0.0326. The van der Waals surface area contributed by atoms with Gasteiger partial charge in [0.05, 0.1) is 10.0 Å². The summed E-state index contributed by atoms with van der Waals surface area (Å²) in [5, 5.41) is 4.18. The number of hydrogen-bond donors (Lipinski definition) is 1. The van der Waals surface area contributed by atoms with Gasteiger partial charge in [-0.05, 0) is 53.9 Å². The lowest BCUT2D eigenvalue weighted by molar-refractivity contribution is 0.443. The van der Waals surface area contributed by atoms with Crippen molar-refractivity contribution in [3.05, 3.63) is 28.5 Å². The Balaban J connectivity index is 2.16. The normalized spacial score (nSPS) is 23.7. The molecule has 0 radical (unpaired) electrons. The van der Waals surface area contributed by atoms with E-state index in [0.717, 1.165) is 29.4 Å². The molecule has 0 saturated carbocycles. The predicted molar refractivity (Wildman–Crippen MR) is 80.9 cm³/mol. The van der Waals surface area contributed by atoms with E-state index in [1.54, 1.807) is 23.9 Å². The quantitative estimate of drug-likeness (QED) is 0.852. The van der Waals surface area contributed by atoms with Crippen molar-refractivity contribution in [1.82, 2.24) is 0 Å². The van der Waals surface area contributed by atoms with Crippen LogP contribution in [0.15, 0.2) is 27.7 Å². The van der Waals surface area contributed by atoms with Crippen LogP contribution in [0.3, 0.4) is 0 Å². The first-order chi connectivity index (χ1) is 8.52. The van der Waals surface area contributed by atoms with E-state index in [2.05, 4.69) is 35.1 Å². The molecular weight excluding hydrogens is 315 g/mol. The van der Waals surface area contributed by atoms with Crippen LogP contribution in [0.1, 0.15) is 26.7 Å². The summed E-state index contributed by atoms with van der Waals surface area (Å²) in [6.45, 7) is 4.33. The first-order valence-electron chi connectivity index (χ1n) is 5.97. The molecule has 1 aromatic rings. The topological polar surface area (TPSA) is 24.4 Å². The van der Waals surface area contributed by atoms with Crippen LogP contribution in [-0.4, -0.2) is 16.5 Å². The second kappa shape index (κ2) is 5.61. The summed E-state index contributed by atoms with van der Waals surface area (Å²) in [5.41, 5.74) is 0.889. The number of thioether (sulfide) groups is 1. The molecule has 0 saturated heterocycles. The second-order valence-electron chi connectivity index (χ2n) is 4.62. The van der Waals surface area contributed by atoms with Crippen molar-refractivity contribution in [2.45, 2.75) is 32.2 Å². The summed E-state index contributed by atoms with van der Waals surface area (Å²) in [6, 6.07) is 4.90. The molecule has 2 nitrogen and oxygen atoms in total.